The van der Waals surface area contributed by atoms with E-state index in [0.29, 0.717) is 13.2 Å². The van der Waals surface area contributed by atoms with Gasteiger partial charge in [0.05, 0.1) is 12.7 Å². The molecule has 1 aromatic carbocycles. The van der Waals surface area contributed by atoms with Gasteiger partial charge in [0.15, 0.2) is 11.6 Å². The summed E-state index contributed by atoms with van der Waals surface area (Å²) in [4.78, 5) is 14.5. The fourth-order valence-electron chi connectivity index (χ4n) is 3.55. The minimum absolute atomic E-state index is 0.0907. The first-order chi connectivity index (χ1) is 13.0. The Labute approximate surface area is 159 Å². The highest BCUT2D eigenvalue weighted by Crippen LogP contribution is 2.17. The molecule has 2 aliphatic heterocycles. The lowest BCUT2D eigenvalue weighted by atomic mass is 10.0. The van der Waals surface area contributed by atoms with Gasteiger partial charge in [-0.25, -0.2) is 8.78 Å². The predicted octanol–water partition coefficient (Wildman–Crippen LogP) is 2.63. The van der Waals surface area contributed by atoms with Gasteiger partial charge in [0, 0.05) is 32.3 Å². The summed E-state index contributed by atoms with van der Waals surface area (Å²) in [5.74, 6) is -1.73. The molecule has 0 aromatic heterocycles. The Balaban J connectivity index is 1.36. The molecular weight excluding hydrogens is 354 g/mol. The van der Waals surface area contributed by atoms with E-state index in [1.807, 2.05) is 0 Å². The number of hydrogen-bond donors (Lipinski definition) is 1. The number of nitrogens with zero attached hydrogens (tertiary/aromatic N) is 1. The van der Waals surface area contributed by atoms with Crippen molar-refractivity contribution >= 4 is 5.91 Å². The van der Waals surface area contributed by atoms with Crippen molar-refractivity contribution in [3.05, 3.63) is 35.4 Å². The van der Waals surface area contributed by atoms with Gasteiger partial charge in [0.25, 0.3) is 0 Å². The predicted molar refractivity (Wildman–Crippen MR) is 97.2 cm³/mol. The normalized spacial score (nSPS) is 22.7. The van der Waals surface area contributed by atoms with Crippen LogP contribution < -0.4 is 5.32 Å². The second-order valence-electron chi connectivity index (χ2n) is 7.42. The number of rotatable bonds is 7. The van der Waals surface area contributed by atoms with Crippen LogP contribution in [0.3, 0.4) is 0 Å². The third-order valence-electron chi connectivity index (χ3n) is 5.25. The number of likely N-dealkylation sites (tertiary alicyclic amines) is 1. The van der Waals surface area contributed by atoms with Crippen molar-refractivity contribution in [1.82, 2.24) is 10.2 Å². The number of nitrogens with one attached hydrogen (secondary N) is 1. The van der Waals surface area contributed by atoms with E-state index in [9.17, 15) is 13.6 Å². The molecule has 0 saturated carbocycles. The van der Waals surface area contributed by atoms with Gasteiger partial charge in [-0.2, -0.15) is 0 Å². The van der Waals surface area contributed by atoms with Crippen molar-refractivity contribution in [2.24, 2.45) is 0 Å². The number of ether oxygens (including phenoxy) is 2. The van der Waals surface area contributed by atoms with E-state index in [1.165, 1.54) is 6.07 Å². The summed E-state index contributed by atoms with van der Waals surface area (Å²) in [6.45, 7) is 5.18. The van der Waals surface area contributed by atoms with E-state index < -0.39 is 17.7 Å². The number of piperidine rings is 1. The van der Waals surface area contributed by atoms with Crippen molar-refractivity contribution in [2.45, 2.75) is 57.4 Å². The van der Waals surface area contributed by atoms with Crippen molar-refractivity contribution in [2.75, 3.05) is 26.3 Å². The van der Waals surface area contributed by atoms with Crippen LogP contribution in [0.2, 0.25) is 0 Å². The SMILES string of the molecule is CC(OCC1CCCO1)C(=O)NC1CCN(Cc2ccc(F)c(F)c2)CC1. The summed E-state index contributed by atoms with van der Waals surface area (Å²) in [7, 11) is 0. The first-order valence-corrected chi connectivity index (χ1v) is 9.71. The van der Waals surface area contributed by atoms with Crippen LogP contribution in [-0.2, 0) is 20.8 Å². The third-order valence-corrected chi connectivity index (χ3v) is 5.25. The Bertz CT molecular complexity index is 630. The molecule has 0 spiro atoms. The molecular formula is C20H28F2N2O3. The van der Waals surface area contributed by atoms with Crippen molar-refractivity contribution in [1.29, 1.82) is 0 Å². The number of benzene rings is 1. The Morgan fingerprint density at radius 2 is 2.07 bits per heavy atom. The van der Waals surface area contributed by atoms with Gasteiger partial charge in [-0.15, -0.1) is 0 Å². The summed E-state index contributed by atoms with van der Waals surface area (Å²) in [6, 6.07) is 4.14. The number of carbonyl (C=O) groups excluding carboxylic acids is 1. The average Bonchev–Trinajstić information content (AvgIpc) is 3.18. The van der Waals surface area contributed by atoms with E-state index in [4.69, 9.17) is 9.47 Å². The van der Waals surface area contributed by atoms with Gasteiger partial charge < -0.3 is 14.8 Å². The number of carbonyl (C=O) groups is 1. The van der Waals surface area contributed by atoms with Crippen LogP contribution in [0.5, 0.6) is 0 Å². The Morgan fingerprint density at radius 1 is 1.30 bits per heavy atom. The molecule has 2 atom stereocenters. The first-order valence-electron chi connectivity index (χ1n) is 9.71. The van der Waals surface area contributed by atoms with E-state index in [1.54, 1.807) is 13.0 Å². The molecule has 5 nitrogen and oxygen atoms in total. The summed E-state index contributed by atoms with van der Waals surface area (Å²) in [5.41, 5.74) is 0.757. The van der Waals surface area contributed by atoms with Gasteiger partial charge in [0.1, 0.15) is 6.10 Å². The second-order valence-corrected chi connectivity index (χ2v) is 7.42. The maximum absolute atomic E-state index is 13.3. The van der Waals surface area contributed by atoms with Crippen LogP contribution in [0, 0.1) is 11.6 Å². The van der Waals surface area contributed by atoms with Crippen molar-refractivity contribution in [3.63, 3.8) is 0 Å². The third kappa shape index (κ3) is 5.96. The lowest BCUT2D eigenvalue weighted by Crippen LogP contribution is -2.47. The average molecular weight is 382 g/mol. The minimum Gasteiger partial charge on any atom is -0.376 e. The Morgan fingerprint density at radius 3 is 2.74 bits per heavy atom. The molecule has 2 aliphatic rings. The molecule has 1 amide bonds. The Kier molecular flexibility index (Phi) is 7.15. The summed E-state index contributed by atoms with van der Waals surface area (Å²) in [5, 5.41) is 3.05. The van der Waals surface area contributed by atoms with Crippen LogP contribution in [0.4, 0.5) is 8.78 Å². The maximum Gasteiger partial charge on any atom is 0.249 e. The quantitative estimate of drug-likeness (QED) is 0.788. The molecule has 0 bridgehead atoms. The molecule has 27 heavy (non-hydrogen) atoms. The highest BCUT2D eigenvalue weighted by atomic mass is 19.2. The maximum atomic E-state index is 13.3. The number of amides is 1. The lowest BCUT2D eigenvalue weighted by molar-refractivity contribution is -0.134. The Hall–Kier alpha value is -1.57. The number of halogens is 2. The molecule has 1 aromatic rings. The number of hydrogen-bond acceptors (Lipinski definition) is 4. The highest BCUT2D eigenvalue weighted by molar-refractivity contribution is 5.80. The topological polar surface area (TPSA) is 50.8 Å². The van der Waals surface area contributed by atoms with Gasteiger partial charge in [-0.05, 0) is 50.3 Å². The largest absolute Gasteiger partial charge is 0.376 e. The standard InChI is InChI=1S/C20H28F2N2O3/c1-14(27-13-17-3-2-10-26-17)20(25)23-16-6-8-24(9-7-16)12-15-4-5-18(21)19(22)11-15/h4-5,11,14,16-17H,2-3,6-10,12-13H2,1H3,(H,23,25). The van der Waals surface area contributed by atoms with Crippen LogP contribution in [0.15, 0.2) is 18.2 Å². The zero-order valence-electron chi connectivity index (χ0n) is 15.8. The minimum atomic E-state index is -0.823. The first kappa shape index (κ1) is 20.2. The molecule has 2 fully saturated rings. The fraction of sp³-hybridized carbons (Fsp3) is 0.650. The fourth-order valence-corrected chi connectivity index (χ4v) is 3.55. The van der Waals surface area contributed by atoms with Gasteiger partial charge >= 0.3 is 0 Å². The van der Waals surface area contributed by atoms with E-state index >= 15 is 0 Å². The van der Waals surface area contributed by atoms with Crippen molar-refractivity contribution in [3.8, 4) is 0 Å². The zero-order chi connectivity index (χ0) is 19.2. The molecule has 150 valence electrons. The summed E-state index contributed by atoms with van der Waals surface area (Å²) in [6.07, 6.45) is 3.32. The molecule has 1 N–H and O–H groups in total. The molecule has 2 saturated heterocycles. The highest BCUT2D eigenvalue weighted by Gasteiger charge is 2.24. The molecule has 2 heterocycles. The zero-order valence-corrected chi connectivity index (χ0v) is 15.8. The van der Waals surface area contributed by atoms with Gasteiger partial charge in [-0.3, -0.25) is 9.69 Å². The summed E-state index contributed by atoms with van der Waals surface area (Å²) >= 11 is 0. The van der Waals surface area contributed by atoms with Crippen molar-refractivity contribution < 1.29 is 23.0 Å². The second kappa shape index (κ2) is 9.57. The molecule has 0 aliphatic carbocycles. The summed E-state index contributed by atoms with van der Waals surface area (Å²) < 4.78 is 37.5. The van der Waals surface area contributed by atoms with E-state index in [0.717, 1.165) is 57.0 Å². The van der Waals surface area contributed by atoms with Gasteiger partial charge in [-0.1, -0.05) is 6.07 Å². The van der Waals surface area contributed by atoms with Gasteiger partial charge in [0.2, 0.25) is 5.91 Å². The van der Waals surface area contributed by atoms with Crippen LogP contribution in [0.1, 0.15) is 38.2 Å². The van der Waals surface area contributed by atoms with Crippen LogP contribution >= 0.6 is 0 Å². The van der Waals surface area contributed by atoms with Crippen LogP contribution in [0.25, 0.3) is 0 Å². The van der Waals surface area contributed by atoms with E-state index in [2.05, 4.69) is 10.2 Å². The molecule has 7 heteroatoms. The smallest absolute Gasteiger partial charge is 0.249 e. The molecule has 2 unspecified atom stereocenters. The molecule has 0 radical (unpaired) electrons. The van der Waals surface area contributed by atoms with Crippen LogP contribution in [-0.4, -0.2) is 55.4 Å². The monoisotopic (exact) mass is 382 g/mol. The molecule has 3 rings (SSSR count). The lowest BCUT2D eigenvalue weighted by Gasteiger charge is -2.33. The van der Waals surface area contributed by atoms with E-state index in [-0.39, 0.29) is 18.1 Å².